The maximum atomic E-state index is 13.1. The number of hydrogen-bond acceptors (Lipinski definition) is 7. The number of carbonyl (C=O) groups is 1. The molecule has 0 saturated carbocycles. The van der Waals surface area contributed by atoms with Gasteiger partial charge in [0.2, 0.25) is 0 Å². The Morgan fingerprint density at radius 1 is 1.31 bits per heavy atom. The van der Waals surface area contributed by atoms with E-state index >= 15 is 0 Å². The smallest absolute Gasteiger partial charge is 0.259 e. The second kappa shape index (κ2) is 8.06. The van der Waals surface area contributed by atoms with Crippen molar-refractivity contribution in [2.75, 3.05) is 12.4 Å². The van der Waals surface area contributed by atoms with E-state index in [1.54, 1.807) is 6.07 Å². The summed E-state index contributed by atoms with van der Waals surface area (Å²) < 4.78 is 5.41. The van der Waals surface area contributed by atoms with Crippen molar-refractivity contribution in [1.82, 2.24) is 15.0 Å². The van der Waals surface area contributed by atoms with Crippen LogP contribution >= 0.6 is 22.9 Å². The first-order chi connectivity index (χ1) is 13.9. The predicted molar refractivity (Wildman–Crippen MR) is 112 cm³/mol. The number of hydrogen-bond donors (Lipinski definition) is 2. The van der Waals surface area contributed by atoms with Gasteiger partial charge in [0.25, 0.3) is 5.91 Å². The van der Waals surface area contributed by atoms with Crippen LogP contribution in [0.15, 0.2) is 24.5 Å². The van der Waals surface area contributed by atoms with Gasteiger partial charge in [-0.05, 0) is 31.9 Å². The van der Waals surface area contributed by atoms with E-state index in [4.69, 9.17) is 16.3 Å². The lowest BCUT2D eigenvalue weighted by molar-refractivity contribution is 0.102. The van der Waals surface area contributed by atoms with Crippen molar-refractivity contribution in [3.05, 3.63) is 51.5 Å². The molecule has 1 aliphatic rings. The summed E-state index contributed by atoms with van der Waals surface area (Å²) in [6.07, 6.45) is 4.70. The van der Waals surface area contributed by atoms with Crippen molar-refractivity contribution in [2.24, 2.45) is 0 Å². The number of aryl methyl sites for hydroxylation is 2. The SMILES string of the molecule is COc1cnc(Cl)cc1-c1cc(C)ncc1C(=O)Nc1nc2c(s1)CC(O)CC2. The van der Waals surface area contributed by atoms with Gasteiger partial charge >= 0.3 is 0 Å². The van der Waals surface area contributed by atoms with Crippen molar-refractivity contribution in [1.29, 1.82) is 0 Å². The number of nitrogens with one attached hydrogen (secondary N) is 1. The van der Waals surface area contributed by atoms with Gasteiger partial charge in [0.15, 0.2) is 5.13 Å². The number of rotatable bonds is 4. The van der Waals surface area contributed by atoms with Crippen molar-refractivity contribution >= 4 is 34.0 Å². The zero-order chi connectivity index (χ0) is 20.5. The van der Waals surface area contributed by atoms with Gasteiger partial charge in [-0.3, -0.25) is 15.1 Å². The van der Waals surface area contributed by atoms with Crippen molar-refractivity contribution in [3.63, 3.8) is 0 Å². The van der Waals surface area contributed by atoms with E-state index in [1.165, 1.54) is 30.8 Å². The minimum atomic E-state index is -0.344. The largest absolute Gasteiger partial charge is 0.494 e. The summed E-state index contributed by atoms with van der Waals surface area (Å²) in [4.78, 5) is 26.9. The Morgan fingerprint density at radius 3 is 2.93 bits per heavy atom. The number of aromatic nitrogens is 3. The molecule has 1 amide bonds. The molecule has 0 spiro atoms. The van der Waals surface area contributed by atoms with Crippen LogP contribution in [-0.2, 0) is 12.8 Å². The lowest BCUT2D eigenvalue weighted by Crippen LogP contribution is -2.17. The first kappa shape index (κ1) is 19.8. The number of pyridine rings is 2. The number of amides is 1. The quantitative estimate of drug-likeness (QED) is 0.613. The average Bonchev–Trinajstić information content (AvgIpc) is 3.09. The molecule has 0 bridgehead atoms. The number of carbonyl (C=O) groups excluding carboxylic acids is 1. The highest BCUT2D eigenvalue weighted by Gasteiger charge is 2.23. The van der Waals surface area contributed by atoms with Crippen LogP contribution in [0.2, 0.25) is 5.15 Å². The number of fused-ring (bicyclic) bond motifs is 1. The topological polar surface area (TPSA) is 97.2 Å². The van der Waals surface area contributed by atoms with E-state index in [9.17, 15) is 9.90 Å². The van der Waals surface area contributed by atoms with Crippen LogP contribution < -0.4 is 10.1 Å². The number of aliphatic hydroxyl groups excluding tert-OH is 1. The van der Waals surface area contributed by atoms with E-state index in [0.29, 0.717) is 52.0 Å². The summed E-state index contributed by atoms with van der Waals surface area (Å²) in [5, 5.41) is 13.5. The van der Waals surface area contributed by atoms with Gasteiger partial charge in [-0.2, -0.15) is 0 Å². The summed E-state index contributed by atoms with van der Waals surface area (Å²) in [6.45, 7) is 1.85. The lowest BCUT2D eigenvalue weighted by Gasteiger charge is -2.14. The highest BCUT2D eigenvalue weighted by atomic mass is 35.5. The van der Waals surface area contributed by atoms with Gasteiger partial charge < -0.3 is 9.84 Å². The molecule has 0 saturated heterocycles. The van der Waals surface area contributed by atoms with Crippen LogP contribution in [0.5, 0.6) is 5.75 Å². The summed E-state index contributed by atoms with van der Waals surface area (Å²) in [5.41, 5.74) is 3.38. The lowest BCUT2D eigenvalue weighted by atomic mass is 10.0. The van der Waals surface area contributed by atoms with E-state index in [-0.39, 0.29) is 12.0 Å². The molecular formula is C20H19ClN4O3S. The summed E-state index contributed by atoms with van der Waals surface area (Å²) in [7, 11) is 1.54. The van der Waals surface area contributed by atoms with E-state index in [0.717, 1.165) is 16.3 Å². The standard InChI is InChI=1S/C20H19ClN4O3S/c1-10-5-12(13-7-18(21)23-9-16(13)28-2)14(8-22-10)19(27)25-20-24-15-4-3-11(26)6-17(15)29-20/h5,7-9,11,26H,3-4,6H2,1-2H3,(H,24,25,27). The normalized spacial score (nSPS) is 15.7. The Morgan fingerprint density at radius 2 is 2.14 bits per heavy atom. The Bertz CT molecular complexity index is 1090. The second-order valence-corrected chi connectivity index (χ2v) is 8.29. The first-order valence-corrected chi connectivity index (χ1v) is 10.3. The van der Waals surface area contributed by atoms with E-state index in [1.807, 2.05) is 13.0 Å². The maximum absolute atomic E-state index is 13.1. The third-order valence-electron chi connectivity index (χ3n) is 4.76. The second-order valence-electron chi connectivity index (χ2n) is 6.82. The van der Waals surface area contributed by atoms with Crippen LogP contribution in [0, 0.1) is 6.92 Å². The Hall–Kier alpha value is -2.55. The van der Waals surface area contributed by atoms with Crippen LogP contribution in [0.4, 0.5) is 5.13 Å². The average molecular weight is 431 g/mol. The molecule has 150 valence electrons. The fraction of sp³-hybridized carbons (Fsp3) is 0.300. The molecule has 29 heavy (non-hydrogen) atoms. The van der Waals surface area contributed by atoms with E-state index < -0.39 is 0 Å². The van der Waals surface area contributed by atoms with Crippen LogP contribution in [0.3, 0.4) is 0 Å². The summed E-state index contributed by atoms with van der Waals surface area (Å²) >= 11 is 7.48. The highest BCUT2D eigenvalue weighted by Crippen LogP contribution is 2.35. The number of halogens is 1. The molecule has 0 aliphatic heterocycles. The molecule has 4 rings (SSSR count). The minimum absolute atomic E-state index is 0.299. The molecule has 0 fully saturated rings. The van der Waals surface area contributed by atoms with Crippen LogP contribution in [0.25, 0.3) is 11.1 Å². The molecule has 9 heteroatoms. The number of ether oxygens (including phenoxy) is 1. The number of methoxy groups -OCH3 is 1. The van der Waals surface area contributed by atoms with E-state index in [2.05, 4.69) is 20.3 Å². The number of anilines is 1. The third-order valence-corrected chi connectivity index (χ3v) is 6.01. The molecule has 0 radical (unpaired) electrons. The Kier molecular flexibility index (Phi) is 5.49. The third kappa shape index (κ3) is 4.10. The zero-order valence-electron chi connectivity index (χ0n) is 15.9. The molecule has 2 N–H and O–H groups in total. The van der Waals surface area contributed by atoms with Crippen LogP contribution in [-0.4, -0.2) is 39.2 Å². The van der Waals surface area contributed by atoms with Crippen LogP contribution in [0.1, 0.15) is 33.0 Å². The van der Waals surface area contributed by atoms with Crippen molar-refractivity contribution in [3.8, 4) is 16.9 Å². The molecule has 1 atom stereocenters. The monoisotopic (exact) mass is 430 g/mol. The molecule has 1 aliphatic carbocycles. The van der Waals surface area contributed by atoms with Gasteiger partial charge in [0.1, 0.15) is 10.9 Å². The van der Waals surface area contributed by atoms with Gasteiger partial charge in [0, 0.05) is 34.3 Å². The minimum Gasteiger partial charge on any atom is -0.494 e. The molecule has 1 unspecified atom stereocenters. The number of aliphatic hydroxyl groups is 1. The fourth-order valence-corrected chi connectivity index (χ4v) is 4.56. The molecule has 3 aromatic heterocycles. The highest BCUT2D eigenvalue weighted by molar-refractivity contribution is 7.15. The Balaban J connectivity index is 1.69. The van der Waals surface area contributed by atoms with Gasteiger partial charge in [-0.15, -0.1) is 11.3 Å². The molecule has 3 heterocycles. The van der Waals surface area contributed by atoms with Crippen molar-refractivity contribution in [2.45, 2.75) is 32.3 Å². The molecule has 7 nitrogen and oxygen atoms in total. The zero-order valence-corrected chi connectivity index (χ0v) is 17.5. The number of thiazole rings is 1. The fourth-order valence-electron chi connectivity index (χ4n) is 3.33. The molecular weight excluding hydrogens is 412 g/mol. The van der Waals surface area contributed by atoms with Gasteiger partial charge in [-0.1, -0.05) is 11.6 Å². The number of nitrogens with zero attached hydrogens (tertiary/aromatic N) is 3. The molecule has 3 aromatic rings. The Labute approximate surface area is 176 Å². The summed E-state index contributed by atoms with van der Waals surface area (Å²) in [6, 6.07) is 3.47. The molecule has 0 aromatic carbocycles. The van der Waals surface area contributed by atoms with Gasteiger partial charge in [-0.25, -0.2) is 9.97 Å². The first-order valence-electron chi connectivity index (χ1n) is 9.09. The predicted octanol–water partition coefficient (Wildman–Crippen LogP) is 3.67. The van der Waals surface area contributed by atoms with Gasteiger partial charge in [0.05, 0.1) is 30.7 Å². The summed E-state index contributed by atoms with van der Waals surface area (Å²) in [5.74, 6) is 0.182. The van der Waals surface area contributed by atoms with Crippen molar-refractivity contribution < 1.29 is 14.6 Å². The maximum Gasteiger partial charge on any atom is 0.259 e.